The van der Waals surface area contributed by atoms with Crippen molar-refractivity contribution < 1.29 is 26.3 Å². The summed E-state index contributed by atoms with van der Waals surface area (Å²) in [5.74, 6) is -0.608. The first-order valence-electron chi connectivity index (χ1n) is 5.48. The molecule has 1 aromatic carbocycles. The normalized spacial score (nSPS) is 16.3. The molecule has 0 aliphatic rings. The van der Waals surface area contributed by atoms with Crippen LogP contribution in [0.4, 0.5) is 26.3 Å². The van der Waals surface area contributed by atoms with E-state index in [1.807, 2.05) is 0 Å². The first kappa shape index (κ1) is 15.8. The van der Waals surface area contributed by atoms with Crippen LogP contribution in [0, 0.1) is 0 Å². The van der Waals surface area contributed by atoms with Crippen molar-refractivity contribution in [3.8, 4) is 0 Å². The van der Waals surface area contributed by atoms with Crippen LogP contribution in [0.2, 0.25) is 0 Å². The van der Waals surface area contributed by atoms with Crippen LogP contribution in [0.3, 0.4) is 0 Å². The Balaban J connectivity index is 3.41. The fourth-order valence-corrected chi connectivity index (χ4v) is 1.55. The van der Waals surface area contributed by atoms with Gasteiger partial charge in [-0.05, 0) is 36.6 Å². The molecule has 0 saturated carbocycles. The van der Waals surface area contributed by atoms with Gasteiger partial charge in [-0.2, -0.15) is 26.3 Å². The molecule has 0 heterocycles. The number of alkyl halides is 6. The minimum absolute atomic E-state index is 0.0721. The van der Waals surface area contributed by atoms with Crippen LogP contribution in [0.15, 0.2) is 18.2 Å². The number of hydrogen-bond donors (Lipinski definition) is 1. The Labute approximate surface area is 106 Å². The summed E-state index contributed by atoms with van der Waals surface area (Å²) in [6.45, 7) is 3.01. The van der Waals surface area contributed by atoms with E-state index in [1.165, 1.54) is 13.8 Å². The van der Waals surface area contributed by atoms with Crippen molar-refractivity contribution in [1.82, 2.24) is 0 Å². The molecule has 0 amide bonds. The zero-order chi connectivity index (χ0) is 15.0. The molecular formula is C12H13F6N. The van der Waals surface area contributed by atoms with Gasteiger partial charge in [0.2, 0.25) is 0 Å². The number of halogens is 6. The number of benzene rings is 1. The average molecular weight is 285 g/mol. The molecule has 108 valence electrons. The van der Waals surface area contributed by atoms with Crippen molar-refractivity contribution in [2.75, 3.05) is 0 Å². The second-order valence-electron chi connectivity index (χ2n) is 4.49. The largest absolute Gasteiger partial charge is 0.416 e. The molecular weight excluding hydrogens is 272 g/mol. The first-order chi connectivity index (χ1) is 8.43. The van der Waals surface area contributed by atoms with Gasteiger partial charge >= 0.3 is 12.4 Å². The minimum atomic E-state index is -4.83. The Bertz CT molecular complexity index is 414. The second-order valence-corrected chi connectivity index (χ2v) is 4.49. The predicted octanol–water partition coefficient (Wildman–Crippen LogP) is 4.17. The lowest BCUT2D eigenvalue weighted by Crippen LogP contribution is -2.23. The summed E-state index contributed by atoms with van der Waals surface area (Å²) in [5, 5.41) is 0. The van der Waals surface area contributed by atoms with Gasteiger partial charge in [-0.15, -0.1) is 0 Å². The summed E-state index contributed by atoms with van der Waals surface area (Å²) in [4.78, 5) is 0. The van der Waals surface area contributed by atoms with Gasteiger partial charge in [0.15, 0.2) is 0 Å². The molecule has 19 heavy (non-hydrogen) atoms. The third kappa shape index (κ3) is 3.86. The molecule has 0 bridgehead atoms. The Hall–Kier alpha value is -1.24. The molecule has 2 unspecified atom stereocenters. The molecule has 0 fully saturated rings. The van der Waals surface area contributed by atoms with E-state index < -0.39 is 35.4 Å². The quantitative estimate of drug-likeness (QED) is 0.811. The van der Waals surface area contributed by atoms with E-state index in [1.54, 1.807) is 0 Å². The van der Waals surface area contributed by atoms with Crippen molar-refractivity contribution in [3.63, 3.8) is 0 Å². The summed E-state index contributed by atoms with van der Waals surface area (Å²) in [5.41, 5.74) is 2.82. The second kappa shape index (κ2) is 5.03. The van der Waals surface area contributed by atoms with Gasteiger partial charge in [-0.1, -0.05) is 6.92 Å². The van der Waals surface area contributed by atoms with E-state index in [-0.39, 0.29) is 11.6 Å². The van der Waals surface area contributed by atoms with Crippen LogP contribution in [0.1, 0.15) is 36.5 Å². The molecule has 0 aromatic heterocycles. The Morgan fingerprint density at radius 1 is 0.842 bits per heavy atom. The molecule has 0 saturated heterocycles. The summed E-state index contributed by atoms with van der Waals surface area (Å²) >= 11 is 0. The van der Waals surface area contributed by atoms with Gasteiger partial charge in [-0.25, -0.2) is 0 Å². The average Bonchev–Trinajstić information content (AvgIpc) is 2.24. The van der Waals surface area contributed by atoms with Crippen LogP contribution in [-0.4, -0.2) is 6.04 Å². The Kier molecular flexibility index (Phi) is 4.19. The summed E-state index contributed by atoms with van der Waals surface area (Å²) < 4.78 is 75.6. The molecule has 2 atom stereocenters. The van der Waals surface area contributed by atoms with E-state index in [9.17, 15) is 26.3 Å². The van der Waals surface area contributed by atoms with Crippen molar-refractivity contribution >= 4 is 0 Å². The molecule has 0 aliphatic carbocycles. The third-order valence-corrected chi connectivity index (χ3v) is 2.92. The maximum absolute atomic E-state index is 12.6. The van der Waals surface area contributed by atoms with Gasteiger partial charge < -0.3 is 5.73 Å². The number of nitrogens with two attached hydrogens (primary N) is 1. The highest BCUT2D eigenvalue weighted by atomic mass is 19.4. The standard InChI is InChI=1S/C12H13F6N/c1-6(7(2)19)8-3-9(11(13,14)15)5-10(4-8)12(16,17)18/h3-7H,19H2,1-2H3. The van der Waals surface area contributed by atoms with Crippen molar-refractivity contribution in [2.45, 2.75) is 38.2 Å². The monoisotopic (exact) mass is 285 g/mol. The molecule has 0 aliphatic heterocycles. The van der Waals surface area contributed by atoms with E-state index in [0.717, 1.165) is 0 Å². The van der Waals surface area contributed by atoms with Crippen molar-refractivity contribution in [2.24, 2.45) is 5.73 Å². The van der Waals surface area contributed by atoms with Crippen LogP contribution < -0.4 is 5.73 Å². The zero-order valence-corrected chi connectivity index (χ0v) is 10.2. The van der Waals surface area contributed by atoms with E-state index in [4.69, 9.17) is 5.73 Å². The smallest absolute Gasteiger partial charge is 0.327 e. The Morgan fingerprint density at radius 2 is 1.21 bits per heavy atom. The molecule has 1 aromatic rings. The highest BCUT2D eigenvalue weighted by Gasteiger charge is 2.37. The number of hydrogen-bond acceptors (Lipinski definition) is 1. The molecule has 0 spiro atoms. The maximum atomic E-state index is 12.6. The van der Waals surface area contributed by atoms with Crippen LogP contribution >= 0.6 is 0 Å². The zero-order valence-electron chi connectivity index (χ0n) is 10.2. The summed E-state index contributed by atoms with van der Waals surface area (Å²) in [6.07, 6.45) is -9.65. The molecule has 0 radical (unpaired) electrons. The van der Waals surface area contributed by atoms with Crippen LogP contribution in [0.5, 0.6) is 0 Å². The number of rotatable bonds is 2. The summed E-state index contributed by atoms with van der Waals surface area (Å²) in [6, 6.07) is 0.980. The fourth-order valence-electron chi connectivity index (χ4n) is 1.55. The lowest BCUT2D eigenvalue weighted by Gasteiger charge is -2.20. The van der Waals surface area contributed by atoms with Gasteiger partial charge in [0, 0.05) is 6.04 Å². The highest BCUT2D eigenvalue weighted by molar-refractivity contribution is 5.35. The van der Waals surface area contributed by atoms with Crippen LogP contribution in [0.25, 0.3) is 0 Å². The topological polar surface area (TPSA) is 26.0 Å². The van der Waals surface area contributed by atoms with Gasteiger partial charge in [-0.3, -0.25) is 0 Å². The maximum Gasteiger partial charge on any atom is 0.416 e. The molecule has 2 N–H and O–H groups in total. The molecule has 1 nitrogen and oxygen atoms in total. The minimum Gasteiger partial charge on any atom is -0.327 e. The predicted molar refractivity (Wildman–Crippen MR) is 58.5 cm³/mol. The lowest BCUT2D eigenvalue weighted by molar-refractivity contribution is -0.143. The Morgan fingerprint density at radius 3 is 1.47 bits per heavy atom. The van der Waals surface area contributed by atoms with E-state index >= 15 is 0 Å². The SMILES string of the molecule is CC(N)C(C)c1cc(C(F)(F)F)cc(C(F)(F)F)c1. The van der Waals surface area contributed by atoms with E-state index in [2.05, 4.69) is 0 Å². The van der Waals surface area contributed by atoms with Crippen molar-refractivity contribution in [1.29, 1.82) is 0 Å². The highest BCUT2D eigenvalue weighted by Crippen LogP contribution is 2.37. The van der Waals surface area contributed by atoms with Gasteiger partial charge in [0.25, 0.3) is 0 Å². The third-order valence-electron chi connectivity index (χ3n) is 2.92. The molecule has 1 rings (SSSR count). The van der Waals surface area contributed by atoms with Crippen molar-refractivity contribution in [3.05, 3.63) is 34.9 Å². The van der Waals surface area contributed by atoms with Gasteiger partial charge in [0.1, 0.15) is 0 Å². The van der Waals surface area contributed by atoms with Gasteiger partial charge in [0.05, 0.1) is 11.1 Å². The lowest BCUT2D eigenvalue weighted by atomic mass is 9.91. The molecule has 7 heteroatoms. The fraction of sp³-hybridized carbons (Fsp3) is 0.500. The van der Waals surface area contributed by atoms with Crippen LogP contribution in [-0.2, 0) is 12.4 Å². The van der Waals surface area contributed by atoms with E-state index in [0.29, 0.717) is 12.1 Å². The first-order valence-corrected chi connectivity index (χ1v) is 5.48. The summed E-state index contributed by atoms with van der Waals surface area (Å²) in [7, 11) is 0.